The van der Waals surface area contributed by atoms with Crippen molar-refractivity contribution in [3.05, 3.63) is 106 Å². The average molecular weight is 560 g/mol. The number of carbonyl (C=O) groups is 5. The molecule has 0 radical (unpaired) electrons. The van der Waals surface area contributed by atoms with E-state index in [4.69, 9.17) is 0 Å². The van der Waals surface area contributed by atoms with Gasteiger partial charge >= 0.3 is 5.97 Å². The predicted octanol–water partition coefficient (Wildman–Crippen LogP) is 4.88. The number of carbonyl (C=O) groups excluding carboxylic acids is 4. The van der Waals surface area contributed by atoms with E-state index >= 15 is 0 Å². The summed E-state index contributed by atoms with van der Waals surface area (Å²) in [5.41, 5.74) is 2.26. The lowest BCUT2D eigenvalue weighted by Crippen LogP contribution is -2.39. The van der Waals surface area contributed by atoms with Crippen LogP contribution in [0.1, 0.15) is 41.6 Å². The molecule has 0 bridgehead atoms. The van der Waals surface area contributed by atoms with Gasteiger partial charge in [0.1, 0.15) is 5.75 Å². The van der Waals surface area contributed by atoms with Crippen molar-refractivity contribution in [2.45, 2.75) is 25.7 Å². The lowest BCUT2D eigenvalue weighted by molar-refractivity contribution is -0.123. The Hall–Kier alpha value is -5.11. The molecule has 3 aromatic carbocycles. The van der Waals surface area contributed by atoms with Crippen molar-refractivity contribution in [3.8, 4) is 5.75 Å². The number of rotatable bonds is 3. The molecule has 8 heteroatoms. The first-order valence-electron chi connectivity index (χ1n) is 13.8. The fourth-order valence-corrected chi connectivity index (χ4v) is 7.27. The molecule has 1 heterocycles. The number of ketones is 2. The SMILES string of the molecule is CC1=CC(=O)C2=C(C[C@@H]3C(=CC[C@@H]4C(=O)N(c5cccc(C(=O)O)c5)C(=O)[C@@H]43)[C@@H]2c2ccc3ccccc3c2O)C1=O. The van der Waals surface area contributed by atoms with Crippen LogP contribution in [-0.4, -0.2) is 39.6 Å². The number of hydrogen-bond acceptors (Lipinski definition) is 6. The van der Waals surface area contributed by atoms with E-state index in [2.05, 4.69) is 0 Å². The van der Waals surface area contributed by atoms with E-state index in [1.807, 2.05) is 30.3 Å². The van der Waals surface area contributed by atoms with Crippen LogP contribution in [0.25, 0.3) is 10.8 Å². The van der Waals surface area contributed by atoms with E-state index in [1.165, 1.54) is 30.3 Å². The molecule has 208 valence electrons. The second-order valence-electron chi connectivity index (χ2n) is 11.3. The molecule has 42 heavy (non-hydrogen) atoms. The molecule has 0 aromatic heterocycles. The Morgan fingerprint density at radius 3 is 2.50 bits per heavy atom. The highest BCUT2D eigenvalue weighted by atomic mass is 16.4. The van der Waals surface area contributed by atoms with Gasteiger partial charge in [-0.1, -0.05) is 54.1 Å². The van der Waals surface area contributed by atoms with Gasteiger partial charge in [-0.15, -0.1) is 0 Å². The quantitative estimate of drug-likeness (QED) is 0.266. The molecular formula is C34H25NO7. The van der Waals surface area contributed by atoms with Gasteiger partial charge in [0.25, 0.3) is 0 Å². The van der Waals surface area contributed by atoms with Crippen LogP contribution in [-0.2, 0) is 19.2 Å². The Morgan fingerprint density at radius 2 is 1.71 bits per heavy atom. The van der Waals surface area contributed by atoms with Crippen LogP contribution >= 0.6 is 0 Å². The van der Waals surface area contributed by atoms with Crippen molar-refractivity contribution in [3.63, 3.8) is 0 Å². The Morgan fingerprint density at radius 1 is 0.929 bits per heavy atom. The van der Waals surface area contributed by atoms with Gasteiger partial charge in [-0.05, 0) is 55.3 Å². The molecule has 3 aromatic rings. The summed E-state index contributed by atoms with van der Waals surface area (Å²) in [6.45, 7) is 1.59. The zero-order valence-corrected chi connectivity index (χ0v) is 22.5. The molecule has 2 amide bonds. The van der Waals surface area contributed by atoms with Crippen LogP contribution in [0, 0.1) is 17.8 Å². The Kier molecular flexibility index (Phi) is 5.66. The van der Waals surface area contributed by atoms with Crippen molar-refractivity contribution < 1.29 is 34.2 Å². The minimum absolute atomic E-state index is 0.00100. The zero-order chi connectivity index (χ0) is 29.4. The number of benzene rings is 3. The summed E-state index contributed by atoms with van der Waals surface area (Å²) in [5, 5.41) is 22.4. The van der Waals surface area contributed by atoms with Crippen LogP contribution in [0.3, 0.4) is 0 Å². The molecule has 3 aliphatic carbocycles. The molecule has 0 spiro atoms. The number of phenols is 1. The number of phenolic OH excluding ortho intramolecular Hbond substituents is 1. The van der Waals surface area contributed by atoms with Crippen LogP contribution in [0.2, 0.25) is 0 Å². The van der Waals surface area contributed by atoms with Gasteiger partial charge in [0.15, 0.2) is 11.6 Å². The summed E-state index contributed by atoms with van der Waals surface area (Å²) >= 11 is 0. The third-order valence-corrected chi connectivity index (χ3v) is 9.16. The number of aromatic hydroxyl groups is 1. The highest BCUT2D eigenvalue weighted by molar-refractivity contribution is 6.25. The summed E-state index contributed by atoms with van der Waals surface area (Å²) in [4.78, 5) is 67.4. The number of carboxylic acids is 1. The summed E-state index contributed by atoms with van der Waals surface area (Å²) in [5.74, 6) is -5.47. The molecule has 0 unspecified atom stereocenters. The molecule has 4 atom stereocenters. The summed E-state index contributed by atoms with van der Waals surface area (Å²) < 4.78 is 0. The molecular weight excluding hydrogens is 534 g/mol. The van der Waals surface area contributed by atoms with Crippen LogP contribution in [0.15, 0.2) is 95.1 Å². The summed E-state index contributed by atoms with van der Waals surface area (Å²) in [7, 11) is 0. The van der Waals surface area contributed by atoms with E-state index in [1.54, 1.807) is 19.1 Å². The van der Waals surface area contributed by atoms with Gasteiger partial charge in [0.2, 0.25) is 11.8 Å². The number of imide groups is 1. The van der Waals surface area contributed by atoms with Gasteiger partial charge in [-0.25, -0.2) is 4.79 Å². The molecule has 7 rings (SSSR count). The maximum atomic E-state index is 14.0. The third kappa shape index (κ3) is 3.57. The van der Waals surface area contributed by atoms with Crippen molar-refractivity contribution >= 4 is 45.8 Å². The van der Waals surface area contributed by atoms with E-state index in [0.29, 0.717) is 27.7 Å². The van der Waals surface area contributed by atoms with Crippen LogP contribution in [0.4, 0.5) is 5.69 Å². The van der Waals surface area contributed by atoms with Crippen molar-refractivity contribution in [2.75, 3.05) is 4.90 Å². The van der Waals surface area contributed by atoms with E-state index in [9.17, 15) is 34.2 Å². The molecule has 1 saturated heterocycles. The first-order valence-corrected chi connectivity index (χ1v) is 13.8. The average Bonchev–Trinajstić information content (AvgIpc) is 3.25. The molecule has 4 aliphatic rings. The highest BCUT2D eigenvalue weighted by Gasteiger charge is 2.56. The van der Waals surface area contributed by atoms with Gasteiger partial charge in [-0.3, -0.25) is 24.1 Å². The second kappa shape index (κ2) is 9.21. The van der Waals surface area contributed by atoms with E-state index in [-0.39, 0.29) is 41.4 Å². The topological polar surface area (TPSA) is 129 Å². The number of Topliss-reactive ketones (excluding diaryl/α,β-unsaturated/α-hetero) is 1. The van der Waals surface area contributed by atoms with Gasteiger partial charge in [0, 0.05) is 33.6 Å². The molecule has 2 N–H and O–H groups in total. The number of aromatic carboxylic acids is 1. The Bertz CT molecular complexity index is 1890. The summed E-state index contributed by atoms with van der Waals surface area (Å²) in [6, 6.07) is 16.7. The fourth-order valence-electron chi connectivity index (χ4n) is 7.27. The zero-order valence-electron chi connectivity index (χ0n) is 22.5. The lowest BCUT2D eigenvalue weighted by atomic mass is 9.59. The second-order valence-corrected chi connectivity index (χ2v) is 11.3. The molecule has 1 aliphatic heterocycles. The van der Waals surface area contributed by atoms with E-state index in [0.717, 1.165) is 15.9 Å². The number of carboxylic acid groups (broad SMARTS) is 1. The maximum absolute atomic E-state index is 14.0. The number of anilines is 1. The van der Waals surface area contributed by atoms with Crippen molar-refractivity contribution in [1.29, 1.82) is 0 Å². The smallest absolute Gasteiger partial charge is 0.335 e. The number of fused-ring (bicyclic) bond motifs is 4. The minimum atomic E-state index is -1.18. The standard InChI is InChI=1S/C34H25NO7/c1-16-13-26(36)29-25(30(16)37)15-24-21(27(29)22-10-9-17-5-2-3-8-20(17)31(22)38)11-12-23-28(24)33(40)35(32(23)39)19-7-4-6-18(14-19)34(41)42/h2-11,13-14,23-24,27-28,38H,12,15H2,1H3,(H,41,42)/t23-,24+,27+,28-/m0/s1. The summed E-state index contributed by atoms with van der Waals surface area (Å²) in [6.07, 6.45) is 3.58. The fraction of sp³-hybridized carbons (Fsp3) is 0.206. The van der Waals surface area contributed by atoms with Crippen molar-refractivity contribution in [1.82, 2.24) is 0 Å². The van der Waals surface area contributed by atoms with Gasteiger partial charge in [-0.2, -0.15) is 0 Å². The van der Waals surface area contributed by atoms with Crippen LogP contribution in [0.5, 0.6) is 5.75 Å². The minimum Gasteiger partial charge on any atom is -0.507 e. The Labute approximate surface area is 240 Å². The third-order valence-electron chi connectivity index (χ3n) is 9.16. The Balaban J connectivity index is 1.38. The van der Waals surface area contributed by atoms with E-state index < -0.39 is 41.5 Å². The van der Waals surface area contributed by atoms with Crippen molar-refractivity contribution in [2.24, 2.45) is 17.8 Å². The number of nitrogens with zero attached hydrogens (tertiary/aromatic N) is 1. The molecule has 8 nitrogen and oxygen atoms in total. The predicted molar refractivity (Wildman–Crippen MR) is 153 cm³/mol. The first kappa shape index (κ1) is 25.8. The van der Waals surface area contributed by atoms with Crippen LogP contribution < -0.4 is 4.90 Å². The lowest BCUT2D eigenvalue weighted by Gasteiger charge is -2.42. The number of hydrogen-bond donors (Lipinski definition) is 2. The molecule has 0 saturated carbocycles. The molecule has 1 fully saturated rings. The largest absolute Gasteiger partial charge is 0.507 e. The van der Waals surface area contributed by atoms with Gasteiger partial charge < -0.3 is 10.2 Å². The number of allylic oxidation sites excluding steroid dienone is 6. The monoisotopic (exact) mass is 559 g/mol. The normalized spacial score (nSPS) is 25.2. The van der Waals surface area contributed by atoms with Gasteiger partial charge in [0.05, 0.1) is 23.1 Å². The first-order chi connectivity index (χ1) is 20.2. The number of amides is 2. The highest BCUT2D eigenvalue weighted by Crippen LogP contribution is 2.56. The maximum Gasteiger partial charge on any atom is 0.335 e.